The number of hydrogen-bond donors (Lipinski definition) is 1. The Morgan fingerprint density at radius 3 is 2.71 bits per heavy atom. The van der Waals surface area contributed by atoms with Crippen molar-refractivity contribution in [3.8, 4) is 0 Å². The first-order valence-electron chi connectivity index (χ1n) is 6.65. The highest BCUT2D eigenvalue weighted by Gasteiger charge is 2.41. The normalized spacial score (nSPS) is 19.9. The van der Waals surface area contributed by atoms with Crippen molar-refractivity contribution >= 4 is 5.69 Å². The zero-order valence-corrected chi connectivity index (χ0v) is 10.4. The van der Waals surface area contributed by atoms with Crippen molar-refractivity contribution < 1.29 is 4.74 Å². The first kappa shape index (κ1) is 11.1. The van der Waals surface area contributed by atoms with Crippen LogP contribution in [-0.4, -0.2) is 29.5 Å². The van der Waals surface area contributed by atoms with Crippen molar-refractivity contribution in [3.05, 3.63) is 12.4 Å². The molecule has 2 aliphatic rings. The fourth-order valence-electron chi connectivity index (χ4n) is 2.47. The molecule has 2 aliphatic carbocycles. The number of aromatic nitrogens is 2. The third-order valence-electron chi connectivity index (χ3n) is 3.75. The molecule has 1 aromatic rings. The van der Waals surface area contributed by atoms with E-state index < -0.39 is 0 Å². The maximum absolute atomic E-state index is 5.05. The van der Waals surface area contributed by atoms with E-state index in [1.165, 1.54) is 31.4 Å². The van der Waals surface area contributed by atoms with E-state index >= 15 is 0 Å². The molecule has 3 rings (SSSR count). The van der Waals surface area contributed by atoms with Gasteiger partial charge in [-0.25, -0.2) is 0 Å². The van der Waals surface area contributed by atoms with Gasteiger partial charge in [0.05, 0.1) is 25.0 Å². The van der Waals surface area contributed by atoms with E-state index in [9.17, 15) is 0 Å². The molecule has 17 heavy (non-hydrogen) atoms. The third kappa shape index (κ3) is 2.80. The van der Waals surface area contributed by atoms with Crippen LogP contribution in [0.2, 0.25) is 0 Å². The molecule has 0 spiro atoms. The summed E-state index contributed by atoms with van der Waals surface area (Å²) in [7, 11) is 1.72. The van der Waals surface area contributed by atoms with Gasteiger partial charge in [-0.3, -0.25) is 4.68 Å². The van der Waals surface area contributed by atoms with Gasteiger partial charge < -0.3 is 10.1 Å². The largest absolute Gasteiger partial charge is 0.383 e. The van der Waals surface area contributed by atoms with Crippen molar-refractivity contribution in [3.63, 3.8) is 0 Å². The van der Waals surface area contributed by atoms with Gasteiger partial charge in [0.2, 0.25) is 0 Å². The van der Waals surface area contributed by atoms with Crippen molar-refractivity contribution in [1.82, 2.24) is 9.78 Å². The predicted octanol–water partition coefficient (Wildman–Crippen LogP) is 2.13. The highest BCUT2D eigenvalue weighted by Crippen LogP contribution is 2.45. The summed E-state index contributed by atoms with van der Waals surface area (Å²) >= 11 is 0. The molecule has 2 saturated carbocycles. The topological polar surface area (TPSA) is 39.1 Å². The lowest BCUT2D eigenvalue weighted by molar-refractivity contribution is 0.183. The van der Waals surface area contributed by atoms with Crippen molar-refractivity contribution in [1.29, 1.82) is 0 Å². The molecule has 1 N–H and O–H groups in total. The molecule has 2 fully saturated rings. The average molecular weight is 235 g/mol. The van der Waals surface area contributed by atoms with Gasteiger partial charge in [-0.1, -0.05) is 0 Å². The standard InChI is InChI=1S/C13H21N3O/c1-17-7-6-16-9-12(8-14-16)15-13(10-2-3-10)11-4-5-11/h8-11,13,15H,2-7H2,1H3. The zero-order chi connectivity index (χ0) is 11.7. The van der Waals surface area contributed by atoms with E-state index in [4.69, 9.17) is 4.74 Å². The Kier molecular flexibility index (Phi) is 3.05. The number of nitrogens with zero attached hydrogens (tertiary/aromatic N) is 2. The molecule has 4 heteroatoms. The molecule has 1 aromatic heterocycles. The van der Waals surface area contributed by atoms with Gasteiger partial charge in [0.1, 0.15) is 0 Å². The summed E-state index contributed by atoms with van der Waals surface area (Å²) in [6.07, 6.45) is 9.67. The number of hydrogen-bond acceptors (Lipinski definition) is 3. The molecule has 94 valence electrons. The lowest BCUT2D eigenvalue weighted by Gasteiger charge is -2.17. The van der Waals surface area contributed by atoms with E-state index in [0.717, 1.165) is 25.0 Å². The van der Waals surface area contributed by atoms with Crippen LogP contribution in [0.1, 0.15) is 25.7 Å². The van der Waals surface area contributed by atoms with Crippen molar-refractivity contribution in [2.75, 3.05) is 19.0 Å². The smallest absolute Gasteiger partial charge is 0.0728 e. The van der Waals surface area contributed by atoms with Gasteiger partial charge in [0, 0.05) is 19.3 Å². The summed E-state index contributed by atoms with van der Waals surface area (Å²) in [5.74, 6) is 1.84. The highest BCUT2D eigenvalue weighted by atomic mass is 16.5. The van der Waals surface area contributed by atoms with E-state index in [1.807, 2.05) is 10.9 Å². The molecule has 0 amide bonds. The second kappa shape index (κ2) is 4.69. The lowest BCUT2D eigenvalue weighted by atomic mass is 10.1. The van der Waals surface area contributed by atoms with Gasteiger partial charge in [0.25, 0.3) is 0 Å². The van der Waals surface area contributed by atoms with Gasteiger partial charge in [0.15, 0.2) is 0 Å². The Morgan fingerprint density at radius 1 is 1.41 bits per heavy atom. The number of rotatable bonds is 7. The summed E-state index contributed by atoms with van der Waals surface area (Å²) in [5.41, 5.74) is 1.17. The molecule has 1 heterocycles. The molecule has 0 bridgehead atoms. The van der Waals surface area contributed by atoms with Gasteiger partial charge in [-0.2, -0.15) is 5.10 Å². The predicted molar refractivity (Wildman–Crippen MR) is 67.0 cm³/mol. The monoisotopic (exact) mass is 235 g/mol. The second-order valence-electron chi connectivity index (χ2n) is 5.33. The van der Waals surface area contributed by atoms with Crippen molar-refractivity contribution in [2.24, 2.45) is 11.8 Å². The number of ether oxygens (including phenoxy) is 1. The summed E-state index contributed by atoms with van der Waals surface area (Å²) in [6.45, 7) is 1.55. The van der Waals surface area contributed by atoms with Crippen LogP contribution in [0.4, 0.5) is 5.69 Å². The first-order valence-corrected chi connectivity index (χ1v) is 6.65. The summed E-state index contributed by atoms with van der Waals surface area (Å²) in [5, 5.41) is 8.02. The Labute approximate surface area is 102 Å². The van der Waals surface area contributed by atoms with E-state index in [0.29, 0.717) is 6.04 Å². The quantitative estimate of drug-likeness (QED) is 0.787. The van der Waals surface area contributed by atoms with Gasteiger partial charge in [-0.15, -0.1) is 0 Å². The van der Waals surface area contributed by atoms with Crippen molar-refractivity contribution in [2.45, 2.75) is 38.3 Å². The second-order valence-corrected chi connectivity index (χ2v) is 5.33. The molecule has 0 unspecified atom stereocenters. The molecular weight excluding hydrogens is 214 g/mol. The third-order valence-corrected chi connectivity index (χ3v) is 3.75. The average Bonchev–Trinajstić information content (AvgIpc) is 3.23. The van der Waals surface area contributed by atoms with Crippen LogP contribution in [0.15, 0.2) is 12.4 Å². The molecule has 0 radical (unpaired) electrons. The minimum absolute atomic E-state index is 0.704. The fraction of sp³-hybridized carbons (Fsp3) is 0.769. The number of methoxy groups -OCH3 is 1. The highest BCUT2D eigenvalue weighted by molar-refractivity contribution is 5.40. The minimum atomic E-state index is 0.704. The maximum atomic E-state index is 5.05. The zero-order valence-electron chi connectivity index (χ0n) is 10.4. The van der Waals surface area contributed by atoms with Crippen LogP contribution in [0.3, 0.4) is 0 Å². The van der Waals surface area contributed by atoms with Gasteiger partial charge >= 0.3 is 0 Å². The first-order chi connectivity index (χ1) is 8.36. The Bertz CT molecular complexity index is 356. The Balaban J connectivity index is 1.57. The van der Waals surface area contributed by atoms with Crippen LogP contribution >= 0.6 is 0 Å². The fourth-order valence-corrected chi connectivity index (χ4v) is 2.47. The van der Waals surface area contributed by atoms with E-state index in [-0.39, 0.29) is 0 Å². The Morgan fingerprint density at radius 2 is 2.12 bits per heavy atom. The van der Waals surface area contributed by atoms with E-state index in [1.54, 1.807) is 7.11 Å². The number of anilines is 1. The molecule has 0 aliphatic heterocycles. The van der Waals surface area contributed by atoms with Crippen LogP contribution in [-0.2, 0) is 11.3 Å². The number of nitrogens with one attached hydrogen (secondary N) is 1. The summed E-state index contributed by atoms with van der Waals surface area (Å²) in [6, 6.07) is 0.704. The summed E-state index contributed by atoms with van der Waals surface area (Å²) < 4.78 is 7.00. The van der Waals surface area contributed by atoms with Crippen LogP contribution < -0.4 is 5.32 Å². The minimum Gasteiger partial charge on any atom is -0.383 e. The maximum Gasteiger partial charge on any atom is 0.0728 e. The summed E-state index contributed by atoms with van der Waals surface area (Å²) in [4.78, 5) is 0. The lowest BCUT2D eigenvalue weighted by Crippen LogP contribution is -2.23. The van der Waals surface area contributed by atoms with Crippen LogP contribution in [0.5, 0.6) is 0 Å². The Hall–Kier alpha value is -1.03. The molecule has 4 nitrogen and oxygen atoms in total. The SMILES string of the molecule is COCCn1cc(NC(C2CC2)C2CC2)cn1. The molecule has 0 saturated heterocycles. The van der Waals surface area contributed by atoms with Crippen LogP contribution in [0.25, 0.3) is 0 Å². The molecule has 0 atom stereocenters. The van der Waals surface area contributed by atoms with Gasteiger partial charge in [-0.05, 0) is 37.5 Å². The molecule has 0 aromatic carbocycles. The molecular formula is C13H21N3O. The van der Waals surface area contributed by atoms with E-state index in [2.05, 4.69) is 16.6 Å². The van der Waals surface area contributed by atoms with Crippen LogP contribution in [0, 0.1) is 11.8 Å².